The molecule has 0 radical (unpaired) electrons. The van der Waals surface area contributed by atoms with E-state index in [0.29, 0.717) is 16.4 Å². The van der Waals surface area contributed by atoms with Crippen LogP contribution in [-0.4, -0.2) is 21.0 Å². The van der Waals surface area contributed by atoms with Gasteiger partial charge in [-0.1, -0.05) is 41.4 Å². The van der Waals surface area contributed by atoms with Crippen molar-refractivity contribution in [2.45, 2.75) is 17.4 Å². The molecule has 0 amide bonds. The number of fused-ring (bicyclic) bond motifs is 1. The molecular formula is C13H12Cl2N2O2S2. The van der Waals surface area contributed by atoms with Gasteiger partial charge in [0, 0.05) is 12.6 Å². The van der Waals surface area contributed by atoms with Gasteiger partial charge in [0.25, 0.3) is 10.0 Å². The highest BCUT2D eigenvalue weighted by Crippen LogP contribution is 2.38. The maximum atomic E-state index is 12.9. The number of sulfonamides is 1. The molecule has 1 unspecified atom stereocenters. The van der Waals surface area contributed by atoms with Crippen LogP contribution in [0.25, 0.3) is 0 Å². The summed E-state index contributed by atoms with van der Waals surface area (Å²) in [7, 11) is -3.77. The van der Waals surface area contributed by atoms with Crippen LogP contribution >= 0.6 is 34.5 Å². The zero-order valence-electron chi connectivity index (χ0n) is 10.8. The van der Waals surface area contributed by atoms with Gasteiger partial charge in [0.1, 0.15) is 9.23 Å². The Morgan fingerprint density at radius 1 is 1.29 bits per heavy atom. The molecule has 1 aliphatic rings. The minimum Gasteiger partial charge on any atom is -0.326 e. The van der Waals surface area contributed by atoms with Crippen LogP contribution < -0.4 is 10.0 Å². The molecule has 2 heterocycles. The summed E-state index contributed by atoms with van der Waals surface area (Å²) >= 11 is 12.9. The van der Waals surface area contributed by atoms with Gasteiger partial charge in [0.05, 0.1) is 10.0 Å². The van der Waals surface area contributed by atoms with Crippen LogP contribution in [0.3, 0.4) is 0 Å². The van der Waals surface area contributed by atoms with E-state index in [-0.39, 0.29) is 21.8 Å². The zero-order valence-corrected chi connectivity index (χ0v) is 13.9. The maximum Gasteiger partial charge on any atom is 0.266 e. The Hall–Kier alpha value is -0.790. The summed E-state index contributed by atoms with van der Waals surface area (Å²) in [5, 5.41) is 0. The van der Waals surface area contributed by atoms with Gasteiger partial charge in [-0.25, -0.2) is 8.42 Å². The Bertz CT molecular complexity index is 789. The number of nitrogens with two attached hydrogens (primary N) is 1. The van der Waals surface area contributed by atoms with Crippen LogP contribution in [0.1, 0.15) is 5.56 Å². The first-order valence-corrected chi connectivity index (χ1v) is 9.22. The Kier molecular flexibility index (Phi) is 3.92. The molecule has 1 aromatic carbocycles. The molecule has 0 bridgehead atoms. The number of hydrogen-bond acceptors (Lipinski definition) is 4. The first-order valence-electron chi connectivity index (χ1n) is 6.20. The van der Waals surface area contributed by atoms with E-state index < -0.39 is 10.0 Å². The molecule has 0 fully saturated rings. The lowest BCUT2D eigenvalue weighted by Crippen LogP contribution is -2.46. The van der Waals surface area contributed by atoms with Gasteiger partial charge in [-0.2, -0.15) is 0 Å². The Labute approximate surface area is 137 Å². The van der Waals surface area contributed by atoms with Crippen molar-refractivity contribution in [3.63, 3.8) is 0 Å². The number of rotatable bonds is 2. The van der Waals surface area contributed by atoms with Crippen LogP contribution in [-0.2, 0) is 16.4 Å². The van der Waals surface area contributed by atoms with E-state index in [9.17, 15) is 8.42 Å². The predicted octanol–water partition coefficient (Wildman–Crippen LogP) is 3.13. The predicted molar refractivity (Wildman–Crippen MR) is 87.0 cm³/mol. The van der Waals surface area contributed by atoms with E-state index in [2.05, 4.69) is 0 Å². The van der Waals surface area contributed by atoms with E-state index in [1.807, 2.05) is 12.1 Å². The van der Waals surface area contributed by atoms with Gasteiger partial charge in [-0.05, 0) is 24.1 Å². The van der Waals surface area contributed by atoms with Gasteiger partial charge in [-0.15, -0.1) is 11.3 Å². The van der Waals surface area contributed by atoms with E-state index in [1.165, 1.54) is 10.4 Å². The number of hydrogen-bond donors (Lipinski definition) is 1. The highest BCUT2D eigenvalue weighted by molar-refractivity contribution is 7.93. The minimum absolute atomic E-state index is 0.0306. The molecule has 1 aromatic heterocycles. The number of nitrogens with zero attached hydrogens (tertiary/aromatic N) is 1. The average molecular weight is 363 g/mol. The quantitative estimate of drug-likeness (QED) is 0.892. The van der Waals surface area contributed by atoms with Crippen LogP contribution in [0.5, 0.6) is 0 Å². The molecule has 8 heteroatoms. The molecule has 0 saturated heterocycles. The average Bonchev–Trinajstić information content (AvgIpc) is 2.77. The first kappa shape index (κ1) is 15.1. The minimum atomic E-state index is -3.77. The molecule has 0 aliphatic carbocycles. The van der Waals surface area contributed by atoms with Crippen molar-refractivity contribution in [1.82, 2.24) is 0 Å². The van der Waals surface area contributed by atoms with E-state index in [1.54, 1.807) is 12.1 Å². The fourth-order valence-electron chi connectivity index (χ4n) is 2.43. The molecule has 112 valence electrons. The maximum absolute atomic E-state index is 12.9. The van der Waals surface area contributed by atoms with Crippen molar-refractivity contribution in [3.05, 3.63) is 44.6 Å². The first-order chi connectivity index (χ1) is 9.89. The highest BCUT2D eigenvalue weighted by Gasteiger charge is 2.34. The summed E-state index contributed by atoms with van der Waals surface area (Å²) in [6.07, 6.45) is 0.653. The van der Waals surface area contributed by atoms with E-state index >= 15 is 0 Å². The van der Waals surface area contributed by atoms with Crippen molar-refractivity contribution in [2.75, 3.05) is 10.8 Å². The fourth-order valence-corrected chi connectivity index (χ4v) is 6.11. The largest absolute Gasteiger partial charge is 0.326 e. The van der Waals surface area contributed by atoms with Gasteiger partial charge in [0.2, 0.25) is 0 Å². The molecule has 2 aromatic rings. The standard InChI is InChI=1S/C13H12Cl2N2O2S2/c14-12-6-11(13(15)20-12)21(18,19)17-7-9(16)5-8-3-1-2-4-10(8)17/h1-4,6,9H,5,7,16H2. The number of para-hydroxylation sites is 1. The normalized spacial score (nSPS) is 18.6. The number of anilines is 1. The van der Waals surface area contributed by atoms with Crippen LogP contribution in [0, 0.1) is 0 Å². The summed E-state index contributed by atoms with van der Waals surface area (Å²) in [4.78, 5) is 0.0306. The summed E-state index contributed by atoms with van der Waals surface area (Å²) in [6, 6.07) is 8.48. The molecular weight excluding hydrogens is 351 g/mol. The molecule has 0 spiro atoms. The van der Waals surface area contributed by atoms with Crippen molar-refractivity contribution >= 4 is 50.2 Å². The molecule has 1 aliphatic heterocycles. The third-order valence-electron chi connectivity index (χ3n) is 3.34. The third-order valence-corrected chi connectivity index (χ3v) is 6.87. The molecule has 21 heavy (non-hydrogen) atoms. The molecule has 0 saturated carbocycles. The van der Waals surface area contributed by atoms with E-state index in [4.69, 9.17) is 28.9 Å². The lowest BCUT2D eigenvalue weighted by molar-refractivity contribution is 0.576. The van der Waals surface area contributed by atoms with Crippen LogP contribution in [0.4, 0.5) is 5.69 Å². The van der Waals surface area contributed by atoms with Crippen molar-refractivity contribution in [3.8, 4) is 0 Å². The second-order valence-electron chi connectivity index (χ2n) is 4.82. The monoisotopic (exact) mass is 362 g/mol. The lowest BCUT2D eigenvalue weighted by atomic mass is 10.0. The summed E-state index contributed by atoms with van der Waals surface area (Å²) < 4.78 is 27.6. The molecule has 3 rings (SSSR count). The van der Waals surface area contributed by atoms with Crippen LogP contribution in [0.2, 0.25) is 8.67 Å². The Balaban J connectivity index is 2.14. The smallest absolute Gasteiger partial charge is 0.266 e. The molecule has 4 nitrogen and oxygen atoms in total. The van der Waals surface area contributed by atoms with Crippen molar-refractivity contribution < 1.29 is 8.42 Å². The topological polar surface area (TPSA) is 63.4 Å². The van der Waals surface area contributed by atoms with Gasteiger partial charge in [-0.3, -0.25) is 4.31 Å². The van der Waals surface area contributed by atoms with Crippen molar-refractivity contribution in [1.29, 1.82) is 0 Å². The zero-order chi connectivity index (χ0) is 15.2. The third kappa shape index (κ3) is 2.66. The van der Waals surface area contributed by atoms with Gasteiger partial charge >= 0.3 is 0 Å². The number of benzene rings is 1. The number of halogens is 2. The Morgan fingerprint density at radius 2 is 2.00 bits per heavy atom. The summed E-state index contributed by atoms with van der Waals surface area (Å²) in [6.45, 7) is 0.225. The van der Waals surface area contributed by atoms with Crippen molar-refractivity contribution in [2.24, 2.45) is 5.73 Å². The lowest BCUT2D eigenvalue weighted by Gasteiger charge is -2.33. The van der Waals surface area contributed by atoms with E-state index in [0.717, 1.165) is 16.9 Å². The summed E-state index contributed by atoms with van der Waals surface area (Å²) in [5.74, 6) is 0. The molecule has 2 N–H and O–H groups in total. The highest BCUT2D eigenvalue weighted by atomic mass is 35.5. The SMILES string of the molecule is NC1Cc2ccccc2N(S(=O)(=O)c2cc(Cl)sc2Cl)C1. The number of thiophene rings is 1. The van der Waals surface area contributed by atoms with Gasteiger partial charge < -0.3 is 5.73 Å². The second kappa shape index (κ2) is 5.44. The Morgan fingerprint density at radius 3 is 2.67 bits per heavy atom. The van der Waals surface area contributed by atoms with Crippen LogP contribution in [0.15, 0.2) is 35.2 Å². The molecule has 1 atom stereocenters. The second-order valence-corrected chi connectivity index (χ2v) is 8.93. The van der Waals surface area contributed by atoms with Gasteiger partial charge in [0.15, 0.2) is 0 Å². The fraction of sp³-hybridized carbons (Fsp3) is 0.231. The summed E-state index contributed by atoms with van der Waals surface area (Å²) in [5.41, 5.74) is 7.56.